The van der Waals surface area contributed by atoms with E-state index < -0.39 is 0 Å². The quantitative estimate of drug-likeness (QED) is 0.396. The van der Waals surface area contributed by atoms with Crippen LogP contribution in [-0.4, -0.2) is 33.4 Å². The molecule has 0 spiro atoms. The highest BCUT2D eigenvalue weighted by Gasteiger charge is 2.39. The number of likely N-dealkylation sites (tertiary alicyclic amines) is 1. The Hall–Kier alpha value is -1.80. The number of benzene rings is 1. The molecule has 3 heterocycles. The number of amides is 1. The first-order valence-electron chi connectivity index (χ1n) is 11.6. The minimum absolute atomic E-state index is 0.0538. The largest absolute Gasteiger partial charge is 0.351 e. The summed E-state index contributed by atoms with van der Waals surface area (Å²) < 4.78 is 1.94. The number of aryl methyl sites for hydroxylation is 2. The number of carbonyl (C=O) groups excluding carboxylic acids is 1. The number of pyridine rings is 2. The average molecular weight is 605 g/mol. The van der Waals surface area contributed by atoms with E-state index in [1.807, 2.05) is 24.4 Å². The van der Waals surface area contributed by atoms with E-state index >= 15 is 0 Å². The first-order chi connectivity index (χ1) is 16.5. The minimum Gasteiger partial charge on any atom is -0.351 e. The highest BCUT2D eigenvalue weighted by Crippen LogP contribution is 2.43. The molecule has 5 nitrogen and oxygen atoms in total. The van der Waals surface area contributed by atoms with Gasteiger partial charge in [0.1, 0.15) is 0 Å². The molecule has 1 aromatic carbocycles. The Labute approximate surface area is 221 Å². The van der Waals surface area contributed by atoms with Gasteiger partial charge in [0.05, 0.1) is 17.8 Å². The number of piperidine rings is 1. The third-order valence-corrected chi connectivity index (χ3v) is 8.02. The number of aromatic nitrogens is 2. The van der Waals surface area contributed by atoms with Gasteiger partial charge >= 0.3 is 0 Å². The van der Waals surface area contributed by atoms with Gasteiger partial charge in [-0.25, -0.2) is 0 Å². The van der Waals surface area contributed by atoms with Gasteiger partial charge in [-0.1, -0.05) is 40.0 Å². The van der Waals surface area contributed by atoms with Crippen molar-refractivity contribution in [2.45, 2.75) is 50.7 Å². The molecule has 0 radical (unpaired) electrons. The molecule has 1 N–H and O–H groups in total. The zero-order valence-electron chi connectivity index (χ0n) is 18.6. The fourth-order valence-electron chi connectivity index (χ4n) is 5.17. The molecule has 2 aliphatic rings. The number of hydrogen-bond donors (Lipinski definition) is 1. The van der Waals surface area contributed by atoms with Crippen LogP contribution in [0.2, 0.25) is 5.02 Å². The highest BCUT2D eigenvalue weighted by molar-refractivity contribution is 9.10. The van der Waals surface area contributed by atoms with Gasteiger partial charge in [0, 0.05) is 39.1 Å². The summed E-state index contributed by atoms with van der Waals surface area (Å²) in [5.41, 5.74) is 5.60. The van der Waals surface area contributed by atoms with Crippen LogP contribution < -0.4 is 5.32 Å². The summed E-state index contributed by atoms with van der Waals surface area (Å²) in [5.74, 6) is 0.0538. The van der Waals surface area contributed by atoms with Gasteiger partial charge in [0.15, 0.2) is 0 Å². The van der Waals surface area contributed by atoms with Gasteiger partial charge in [0.2, 0.25) is 5.91 Å². The zero-order chi connectivity index (χ0) is 23.7. The Morgan fingerprint density at radius 3 is 2.82 bits per heavy atom. The molecular weight excluding hydrogens is 580 g/mol. The van der Waals surface area contributed by atoms with E-state index in [4.69, 9.17) is 16.6 Å². The molecular formula is C26H25Br2ClN4O. The Morgan fingerprint density at radius 1 is 1.15 bits per heavy atom. The van der Waals surface area contributed by atoms with Crippen molar-refractivity contribution in [1.29, 1.82) is 0 Å². The second-order valence-electron chi connectivity index (χ2n) is 8.89. The Balaban J connectivity index is 1.54. The van der Waals surface area contributed by atoms with Gasteiger partial charge in [0.25, 0.3) is 0 Å². The lowest BCUT2D eigenvalue weighted by Crippen LogP contribution is -2.51. The fourth-order valence-corrected chi connectivity index (χ4v) is 6.64. The number of nitrogens with zero attached hydrogens (tertiary/aromatic N) is 3. The summed E-state index contributed by atoms with van der Waals surface area (Å²) in [5, 5.41) is 3.87. The summed E-state index contributed by atoms with van der Waals surface area (Å²) in [6.07, 6.45) is 10.1. The van der Waals surface area contributed by atoms with Crippen molar-refractivity contribution in [2.75, 3.05) is 6.54 Å². The van der Waals surface area contributed by atoms with Crippen molar-refractivity contribution < 1.29 is 4.79 Å². The molecule has 2 aromatic heterocycles. The van der Waals surface area contributed by atoms with Crippen LogP contribution in [0, 0.1) is 0 Å². The number of halogens is 3. The molecule has 1 saturated heterocycles. The van der Waals surface area contributed by atoms with Gasteiger partial charge in [-0.05, 0) is 94.7 Å². The second-order valence-corrected chi connectivity index (χ2v) is 11.1. The molecule has 0 bridgehead atoms. The van der Waals surface area contributed by atoms with Crippen molar-refractivity contribution in [1.82, 2.24) is 20.2 Å². The summed E-state index contributed by atoms with van der Waals surface area (Å²) in [6, 6.07) is 9.70. The molecule has 1 unspecified atom stereocenters. The fraction of sp³-hybridized carbons (Fsp3) is 0.346. The molecule has 1 fully saturated rings. The monoisotopic (exact) mass is 602 g/mol. The third-order valence-electron chi connectivity index (χ3n) is 6.71. The molecule has 3 aromatic rings. The van der Waals surface area contributed by atoms with E-state index in [1.54, 1.807) is 12.4 Å². The average Bonchev–Trinajstić information content (AvgIpc) is 3.00. The number of carbonyl (C=O) groups is 1. The van der Waals surface area contributed by atoms with Crippen molar-refractivity contribution in [2.24, 2.45) is 0 Å². The maximum absolute atomic E-state index is 13.5. The molecule has 5 rings (SSSR count). The van der Waals surface area contributed by atoms with Crippen LogP contribution in [0.5, 0.6) is 0 Å². The molecule has 2 atom stereocenters. The van der Waals surface area contributed by atoms with E-state index in [-0.39, 0.29) is 18.0 Å². The standard InChI is InChI=1S/C26H25Br2ClN4O/c27-19-10-18-7-6-17-11-20(29)12-21(28)23(17)25(24(18)31-15-19)33-9-2-1-5-22(33)26(34)32-14-16-4-3-8-30-13-16/h3-4,8,10-13,15,22,25H,1-2,5-7,9,14H2,(H,32,34)/t22-,25?/m0/s1. The van der Waals surface area contributed by atoms with Gasteiger partial charge in [-0.2, -0.15) is 0 Å². The number of nitrogens with one attached hydrogen (secondary N) is 1. The van der Waals surface area contributed by atoms with Gasteiger partial charge in [-0.15, -0.1) is 0 Å². The van der Waals surface area contributed by atoms with Crippen molar-refractivity contribution in [3.05, 3.63) is 90.8 Å². The van der Waals surface area contributed by atoms with Crippen molar-refractivity contribution >= 4 is 49.4 Å². The van der Waals surface area contributed by atoms with Crippen molar-refractivity contribution in [3.63, 3.8) is 0 Å². The van der Waals surface area contributed by atoms with E-state index in [2.05, 4.69) is 59.2 Å². The van der Waals surface area contributed by atoms with Crippen molar-refractivity contribution in [3.8, 4) is 0 Å². The van der Waals surface area contributed by atoms with Crippen LogP contribution in [-0.2, 0) is 24.2 Å². The molecule has 0 saturated carbocycles. The van der Waals surface area contributed by atoms with Crippen LogP contribution in [0.15, 0.2) is 57.9 Å². The maximum Gasteiger partial charge on any atom is 0.237 e. The van der Waals surface area contributed by atoms with Crippen LogP contribution in [0.3, 0.4) is 0 Å². The third kappa shape index (κ3) is 4.94. The van der Waals surface area contributed by atoms with Gasteiger partial charge in [-0.3, -0.25) is 19.7 Å². The van der Waals surface area contributed by atoms with Crippen LogP contribution in [0.1, 0.15) is 53.3 Å². The second kappa shape index (κ2) is 10.4. The Bertz CT molecular complexity index is 1210. The predicted molar refractivity (Wildman–Crippen MR) is 141 cm³/mol. The number of rotatable bonds is 4. The lowest BCUT2D eigenvalue weighted by molar-refractivity contribution is -0.128. The molecule has 1 aliphatic carbocycles. The SMILES string of the molecule is O=C(NCc1cccnc1)[C@@H]1CCCCN1C1c2ncc(Br)cc2CCc2cc(Cl)cc(Br)c21. The normalized spacial score (nSPS) is 20.2. The Morgan fingerprint density at radius 2 is 2.00 bits per heavy atom. The molecule has 176 valence electrons. The van der Waals surface area contributed by atoms with Crippen LogP contribution in [0.4, 0.5) is 0 Å². The topological polar surface area (TPSA) is 58.1 Å². The predicted octanol–water partition coefficient (Wildman–Crippen LogP) is 6.01. The number of fused-ring (bicyclic) bond motifs is 2. The summed E-state index contributed by atoms with van der Waals surface area (Å²) in [4.78, 5) is 24.9. The first-order valence-corrected chi connectivity index (χ1v) is 13.5. The van der Waals surface area contributed by atoms with Crippen LogP contribution in [0.25, 0.3) is 0 Å². The van der Waals surface area contributed by atoms with E-state index in [0.717, 1.165) is 58.9 Å². The highest BCUT2D eigenvalue weighted by atomic mass is 79.9. The lowest BCUT2D eigenvalue weighted by atomic mass is 9.91. The smallest absolute Gasteiger partial charge is 0.237 e. The lowest BCUT2D eigenvalue weighted by Gasteiger charge is -2.41. The number of hydrogen-bond acceptors (Lipinski definition) is 4. The van der Waals surface area contributed by atoms with E-state index in [9.17, 15) is 4.79 Å². The first kappa shape index (κ1) is 23.9. The van der Waals surface area contributed by atoms with Gasteiger partial charge < -0.3 is 5.32 Å². The minimum atomic E-state index is -0.234. The Kier molecular flexibility index (Phi) is 7.35. The van der Waals surface area contributed by atoms with E-state index in [0.29, 0.717) is 11.6 Å². The molecule has 1 amide bonds. The molecule has 34 heavy (non-hydrogen) atoms. The summed E-state index contributed by atoms with van der Waals surface area (Å²) in [6.45, 7) is 1.31. The summed E-state index contributed by atoms with van der Waals surface area (Å²) in [7, 11) is 0. The zero-order valence-corrected chi connectivity index (χ0v) is 22.5. The van der Waals surface area contributed by atoms with Crippen LogP contribution >= 0.6 is 43.5 Å². The summed E-state index contributed by atoms with van der Waals surface area (Å²) >= 11 is 13.8. The maximum atomic E-state index is 13.5. The molecule has 1 aliphatic heterocycles. The molecule has 8 heteroatoms. The van der Waals surface area contributed by atoms with E-state index in [1.165, 1.54) is 16.7 Å².